The smallest absolute Gasteiger partial charge is 0.417 e. The summed E-state index contributed by atoms with van der Waals surface area (Å²) < 4.78 is 43.9. The second-order valence-corrected chi connectivity index (χ2v) is 6.65. The zero-order chi connectivity index (χ0) is 19.7. The largest absolute Gasteiger partial charge is 0.484 e. The molecule has 0 aliphatic heterocycles. The maximum Gasteiger partial charge on any atom is 0.417 e. The molecular weight excluding hydrogens is 381 g/mol. The number of carbonyl (C=O) groups is 1. The molecule has 0 aliphatic rings. The summed E-state index contributed by atoms with van der Waals surface area (Å²) in [7, 11) is 0. The van der Waals surface area contributed by atoms with Crippen molar-refractivity contribution in [1.82, 2.24) is 10.3 Å². The van der Waals surface area contributed by atoms with Crippen LogP contribution in [0, 0.1) is 0 Å². The summed E-state index contributed by atoms with van der Waals surface area (Å²) in [6.45, 7) is 0.106. The number of hydrogen-bond acceptors (Lipinski definition) is 5. The Hall–Kier alpha value is -2.26. The molecule has 2 N–H and O–H groups in total. The fourth-order valence-corrected chi connectivity index (χ4v) is 3.09. The van der Waals surface area contributed by atoms with Gasteiger partial charge in [-0.25, -0.2) is 0 Å². The van der Waals surface area contributed by atoms with Crippen molar-refractivity contribution in [3.8, 4) is 5.75 Å². The number of halogens is 3. The normalized spacial score (nSPS) is 11.3. The Morgan fingerprint density at radius 2 is 1.96 bits per heavy atom. The summed E-state index contributed by atoms with van der Waals surface area (Å²) >= 11 is 1.05. The number of nitrogens with zero attached hydrogens (tertiary/aromatic N) is 1. The van der Waals surface area contributed by atoms with E-state index in [0.29, 0.717) is 24.5 Å². The van der Waals surface area contributed by atoms with Gasteiger partial charge < -0.3 is 15.2 Å². The van der Waals surface area contributed by atoms with Gasteiger partial charge in [-0.3, -0.25) is 9.78 Å². The van der Waals surface area contributed by atoms with Crippen LogP contribution in [-0.2, 0) is 17.6 Å². The third-order valence-corrected chi connectivity index (χ3v) is 4.60. The summed E-state index contributed by atoms with van der Waals surface area (Å²) in [5.41, 5.74) is 0.0405. The van der Waals surface area contributed by atoms with Crippen LogP contribution in [0.1, 0.15) is 17.5 Å². The van der Waals surface area contributed by atoms with Gasteiger partial charge in [0.2, 0.25) is 0 Å². The van der Waals surface area contributed by atoms with Gasteiger partial charge in [-0.05, 0) is 35.9 Å². The molecule has 1 heterocycles. The number of ether oxygens (including phenoxy) is 1. The van der Waals surface area contributed by atoms with Crippen LogP contribution in [0.5, 0.6) is 5.75 Å². The molecule has 27 heavy (non-hydrogen) atoms. The first-order valence-corrected chi connectivity index (χ1v) is 9.12. The lowest BCUT2D eigenvalue weighted by molar-refractivity contribution is -0.139. The minimum absolute atomic E-state index is 0.0672. The number of aliphatic hydroxyl groups excluding tert-OH is 1. The number of hydrogen-bond donors (Lipinski definition) is 2. The highest BCUT2D eigenvalue weighted by atomic mass is 32.2. The number of alkyl halides is 3. The quantitative estimate of drug-likeness (QED) is 0.499. The first-order chi connectivity index (χ1) is 12.9. The Kier molecular flexibility index (Phi) is 7.93. The van der Waals surface area contributed by atoms with Crippen LogP contribution in [-0.4, -0.2) is 34.9 Å². The van der Waals surface area contributed by atoms with E-state index in [9.17, 15) is 18.0 Å². The molecule has 0 atom stereocenters. The number of aromatic nitrogens is 1. The molecule has 9 heteroatoms. The second-order valence-electron chi connectivity index (χ2n) is 5.51. The van der Waals surface area contributed by atoms with Gasteiger partial charge in [0.05, 0.1) is 12.2 Å². The number of benzene rings is 1. The number of rotatable bonds is 9. The summed E-state index contributed by atoms with van der Waals surface area (Å²) in [4.78, 5) is 15.5. The van der Waals surface area contributed by atoms with Gasteiger partial charge in [0, 0.05) is 23.8 Å². The molecule has 0 aliphatic carbocycles. The van der Waals surface area contributed by atoms with Crippen LogP contribution >= 0.6 is 11.8 Å². The highest BCUT2D eigenvalue weighted by Gasteiger charge is 2.33. The molecule has 0 radical (unpaired) electrons. The van der Waals surface area contributed by atoms with Crippen molar-refractivity contribution in [3.63, 3.8) is 0 Å². The standard InChI is InChI=1S/C18H19F3N2O3S/c19-18(20,21)15-6-8-22-10-16(15)27-9-1-7-23-17(25)12-26-14-4-2-13(11-24)3-5-14/h2-6,8,10,24H,1,7,9,11-12H2,(H,23,25). The van der Waals surface area contributed by atoms with Gasteiger partial charge in [-0.2, -0.15) is 13.2 Å². The van der Waals surface area contributed by atoms with Gasteiger partial charge in [0.25, 0.3) is 5.91 Å². The number of nitrogens with one attached hydrogen (secondary N) is 1. The van der Waals surface area contributed by atoms with E-state index in [0.717, 1.165) is 29.6 Å². The highest BCUT2D eigenvalue weighted by molar-refractivity contribution is 7.99. The van der Waals surface area contributed by atoms with E-state index < -0.39 is 11.7 Å². The minimum Gasteiger partial charge on any atom is -0.484 e. The fraction of sp³-hybridized carbons (Fsp3) is 0.333. The Labute approximate surface area is 159 Å². The summed E-state index contributed by atoms with van der Waals surface area (Å²) in [6.07, 6.45) is -1.59. The number of thioether (sulfide) groups is 1. The zero-order valence-corrected chi connectivity index (χ0v) is 15.1. The van der Waals surface area contributed by atoms with E-state index in [1.54, 1.807) is 24.3 Å². The van der Waals surface area contributed by atoms with E-state index in [4.69, 9.17) is 9.84 Å². The molecule has 1 amide bonds. The van der Waals surface area contributed by atoms with Gasteiger partial charge in [-0.15, -0.1) is 11.8 Å². The van der Waals surface area contributed by atoms with Gasteiger partial charge >= 0.3 is 6.18 Å². The Balaban J connectivity index is 1.66. The van der Waals surface area contributed by atoms with Crippen LogP contribution in [0.25, 0.3) is 0 Å². The van der Waals surface area contributed by atoms with Crippen molar-refractivity contribution < 1.29 is 27.8 Å². The molecule has 0 saturated heterocycles. The summed E-state index contributed by atoms with van der Waals surface area (Å²) in [5, 5.41) is 11.6. The van der Waals surface area contributed by atoms with E-state index in [1.165, 1.54) is 6.20 Å². The third-order valence-electron chi connectivity index (χ3n) is 3.47. The lowest BCUT2D eigenvalue weighted by atomic mass is 10.2. The number of aliphatic hydroxyl groups is 1. The third kappa shape index (κ3) is 7.10. The molecule has 5 nitrogen and oxygen atoms in total. The molecule has 0 saturated carbocycles. The summed E-state index contributed by atoms with van der Waals surface area (Å²) in [6, 6.07) is 7.65. The van der Waals surface area contributed by atoms with E-state index >= 15 is 0 Å². The first-order valence-electron chi connectivity index (χ1n) is 8.13. The molecule has 0 unspecified atom stereocenters. The lowest BCUT2D eigenvalue weighted by Gasteiger charge is -2.11. The Bertz CT molecular complexity index is 739. The predicted molar refractivity (Wildman–Crippen MR) is 95.4 cm³/mol. The molecule has 0 fully saturated rings. The van der Waals surface area contributed by atoms with Crippen molar-refractivity contribution in [2.75, 3.05) is 18.9 Å². The van der Waals surface area contributed by atoms with Gasteiger partial charge in [-0.1, -0.05) is 12.1 Å². The average Bonchev–Trinajstić information content (AvgIpc) is 2.66. The van der Waals surface area contributed by atoms with Crippen molar-refractivity contribution in [3.05, 3.63) is 53.9 Å². The minimum atomic E-state index is -4.41. The van der Waals surface area contributed by atoms with E-state index in [-0.39, 0.29) is 24.0 Å². The molecule has 0 bridgehead atoms. The number of amides is 1. The molecule has 2 aromatic rings. The maximum absolute atomic E-state index is 12.9. The van der Waals surface area contributed by atoms with Gasteiger partial charge in [0.15, 0.2) is 6.61 Å². The van der Waals surface area contributed by atoms with Crippen LogP contribution in [0.3, 0.4) is 0 Å². The Morgan fingerprint density at radius 3 is 2.63 bits per heavy atom. The predicted octanol–water partition coefficient (Wildman–Crippen LogP) is 3.27. The Morgan fingerprint density at radius 1 is 1.22 bits per heavy atom. The first kappa shape index (κ1) is 21.0. The molecule has 1 aromatic heterocycles. The van der Waals surface area contributed by atoms with Crippen molar-refractivity contribution in [2.24, 2.45) is 0 Å². The SMILES string of the molecule is O=C(COc1ccc(CO)cc1)NCCCSc1cnccc1C(F)(F)F. The van der Waals surface area contributed by atoms with E-state index in [1.807, 2.05) is 0 Å². The second kappa shape index (κ2) is 10.2. The fourth-order valence-electron chi connectivity index (χ4n) is 2.10. The molecule has 0 spiro atoms. The van der Waals surface area contributed by atoms with Crippen molar-refractivity contribution in [2.45, 2.75) is 24.1 Å². The van der Waals surface area contributed by atoms with Crippen LogP contribution in [0.4, 0.5) is 13.2 Å². The van der Waals surface area contributed by atoms with E-state index in [2.05, 4.69) is 10.3 Å². The molecule has 1 aromatic carbocycles. The topological polar surface area (TPSA) is 71.5 Å². The zero-order valence-electron chi connectivity index (χ0n) is 14.3. The molecule has 2 rings (SSSR count). The lowest BCUT2D eigenvalue weighted by Crippen LogP contribution is -2.29. The summed E-state index contributed by atoms with van der Waals surface area (Å²) in [5.74, 6) is 0.608. The van der Waals surface area contributed by atoms with Crippen molar-refractivity contribution >= 4 is 17.7 Å². The highest BCUT2D eigenvalue weighted by Crippen LogP contribution is 2.36. The van der Waals surface area contributed by atoms with Gasteiger partial charge in [0.1, 0.15) is 5.75 Å². The molecular formula is C18H19F3N2O3S. The molecule has 146 valence electrons. The number of pyridine rings is 1. The van der Waals surface area contributed by atoms with Crippen LogP contribution < -0.4 is 10.1 Å². The maximum atomic E-state index is 12.9. The average molecular weight is 400 g/mol. The van der Waals surface area contributed by atoms with Crippen LogP contribution in [0.15, 0.2) is 47.6 Å². The number of carbonyl (C=O) groups excluding carboxylic acids is 1. The monoisotopic (exact) mass is 400 g/mol. The van der Waals surface area contributed by atoms with Crippen LogP contribution in [0.2, 0.25) is 0 Å². The van der Waals surface area contributed by atoms with Crippen molar-refractivity contribution in [1.29, 1.82) is 0 Å².